The van der Waals surface area contributed by atoms with E-state index in [1.807, 2.05) is 0 Å². The average molecular weight is 302 g/mol. The lowest BCUT2D eigenvalue weighted by atomic mass is 10.2. The lowest BCUT2D eigenvalue weighted by Gasteiger charge is -2.15. The first-order chi connectivity index (χ1) is 9.40. The Kier molecular flexibility index (Phi) is 6.27. The Morgan fingerprint density at radius 3 is 2.75 bits per heavy atom. The van der Waals surface area contributed by atoms with Gasteiger partial charge in [-0.2, -0.15) is 0 Å². The molecule has 0 aliphatic heterocycles. The summed E-state index contributed by atoms with van der Waals surface area (Å²) in [7, 11) is 0. The SMILES string of the molecule is CC(Oc1cccc(Cl)c1)C(=O)NCC[C@H](O)C(=O)O. The van der Waals surface area contributed by atoms with E-state index in [0.717, 1.165) is 0 Å². The van der Waals surface area contributed by atoms with E-state index in [4.69, 9.17) is 26.6 Å². The summed E-state index contributed by atoms with van der Waals surface area (Å²) in [5.74, 6) is -1.25. The predicted molar refractivity (Wildman–Crippen MR) is 72.8 cm³/mol. The Hall–Kier alpha value is -1.79. The fourth-order valence-corrected chi connectivity index (χ4v) is 1.58. The number of aliphatic hydroxyl groups excluding tert-OH is 1. The van der Waals surface area contributed by atoms with Crippen molar-refractivity contribution in [2.75, 3.05) is 6.54 Å². The molecule has 1 aromatic carbocycles. The largest absolute Gasteiger partial charge is 0.481 e. The minimum absolute atomic E-state index is 0.0511. The second-order valence-corrected chi connectivity index (χ2v) is 4.59. The molecule has 1 aromatic rings. The van der Waals surface area contributed by atoms with Crippen LogP contribution in [0.2, 0.25) is 5.02 Å². The van der Waals surface area contributed by atoms with Crippen molar-refractivity contribution in [3.63, 3.8) is 0 Å². The summed E-state index contributed by atoms with van der Waals surface area (Å²) in [6.07, 6.45) is -2.31. The fourth-order valence-electron chi connectivity index (χ4n) is 1.40. The normalized spacial score (nSPS) is 13.3. The number of benzene rings is 1. The summed E-state index contributed by atoms with van der Waals surface area (Å²) >= 11 is 5.79. The van der Waals surface area contributed by atoms with Gasteiger partial charge in [0.2, 0.25) is 0 Å². The number of carbonyl (C=O) groups excluding carboxylic acids is 1. The molecule has 1 rings (SSSR count). The number of carboxylic acid groups (broad SMARTS) is 1. The number of amides is 1. The Bertz CT molecular complexity index is 480. The fraction of sp³-hybridized carbons (Fsp3) is 0.385. The van der Waals surface area contributed by atoms with Crippen molar-refractivity contribution in [3.8, 4) is 5.75 Å². The third kappa shape index (κ3) is 5.46. The molecule has 0 bridgehead atoms. The van der Waals surface area contributed by atoms with Gasteiger partial charge in [0.05, 0.1) is 0 Å². The maximum Gasteiger partial charge on any atom is 0.332 e. The summed E-state index contributed by atoms with van der Waals surface area (Å²) in [6, 6.07) is 6.64. The molecule has 110 valence electrons. The number of halogens is 1. The molecule has 3 N–H and O–H groups in total. The molecule has 7 heteroatoms. The molecule has 0 aromatic heterocycles. The van der Waals surface area contributed by atoms with E-state index in [0.29, 0.717) is 10.8 Å². The van der Waals surface area contributed by atoms with Crippen LogP contribution in [0.3, 0.4) is 0 Å². The van der Waals surface area contributed by atoms with Gasteiger partial charge in [-0.1, -0.05) is 17.7 Å². The molecule has 0 heterocycles. The van der Waals surface area contributed by atoms with Crippen LogP contribution in [0.25, 0.3) is 0 Å². The summed E-state index contributed by atoms with van der Waals surface area (Å²) in [5.41, 5.74) is 0. The van der Waals surface area contributed by atoms with Crippen LogP contribution in [-0.2, 0) is 9.59 Å². The van der Waals surface area contributed by atoms with Crippen molar-refractivity contribution in [3.05, 3.63) is 29.3 Å². The third-order valence-electron chi connectivity index (χ3n) is 2.48. The highest BCUT2D eigenvalue weighted by Crippen LogP contribution is 2.18. The highest BCUT2D eigenvalue weighted by molar-refractivity contribution is 6.30. The first-order valence-corrected chi connectivity index (χ1v) is 6.38. The molecule has 0 spiro atoms. The van der Waals surface area contributed by atoms with Gasteiger partial charge < -0.3 is 20.3 Å². The van der Waals surface area contributed by atoms with Crippen molar-refractivity contribution in [2.24, 2.45) is 0 Å². The monoisotopic (exact) mass is 301 g/mol. The molecule has 0 radical (unpaired) electrons. The van der Waals surface area contributed by atoms with E-state index >= 15 is 0 Å². The van der Waals surface area contributed by atoms with Crippen molar-refractivity contribution >= 4 is 23.5 Å². The average Bonchev–Trinajstić information content (AvgIpc) is 2.38. The van der Waals surface area contributed by atoms with Gasteiger partial charge in [-0.3, -0.25) is 4.79 Å². The minimum atomic E-state index is -1.49. The van der Waals surface area contributed by atoms with E-state index in [-0.39, 0.29) is 13.0 Å². The van der Waals surface area contributed by atoms with Crippen LogP contribution in [0.4, 0.5) is 0 Å². The molecule has 20 heavy (non-hydrogen) atoms. The quantitative estimate of drug-likeness (QED) is 0.700. The van der Waals surface area contributed by atoms with Crippen LogP contribution in [0, 0.1) is 0 Å². The van der Waals surface area contributed by atoms with Gasteiger partial charge in [0.1, 0.15) is 5.75 Å². The lowest BCUT2D eigenvalue weighted by Crippen LogP contribution is -2.38. The molecule has 0 saturated carbocycles. The number of rotatable bonds is 7. The van der Waals surface area contributed by atoms with Crippen molar-refractivity contribution in [2.45, 2.75) is 25.6 Å². The second-order valence-electron chi connectivity index (χ2n) is 4.15. The molecule has 1 unspecified atom stereocenters. The second kappa shape index (κ2) is 7.72. The molecule has 6 nitrogen and oxygen atoms in total. The van der Waals surface area contributed by atoms with Crippen molar-refractivity contribution in [1.82, 2.24) is 5.32 Å². The number of carbonyl (C=O) groups is 2. The zero-order valence-electron chi connectivity index (χ0n) is 10.9. The first-order valence-electron chi connectivity index (χ1n) is 6.01. The first kappa shape index (κ1) is 16.3. The molecule has 0 aliphatic carbocycles. The van der Waals surface area contributed by atoms with Crippen LogP contribution in [0.5, 0.6) is 5.75 Å². The Morgan fingerprint density at radius 1 is 1.45 bits per heavy atom. The lowest BCUT2D eigenvalue weighted by molar-refractivity contribution is -0.147. The number of nitrogens with one attached hydrogen (secondary N) is 1. The third-order valence-corrected chi connectivity index (χ3v) is 2.72. The van der Waals surface area contributed by atoms with E-state index < -0.39 is 24.1 Å². The Labute approximate surface area is 121 Å². The zero-order chi connectivity index (χ0) is 15.1. The van der Waals surface area contributed by atoms with Gasteiger partial charge in [0.15, 0.2) is 12.2 Å². The van der Waals surface area contributed by atoms with Crippen LogP contribution in [0.15, 0.2) is 24.3 Å². The molecule has 0 aliphatic rings. The van der Waals surface area contributed by atoms with Gasteiger partial charge in [-0.25, -0.2) is 4.79 Å². The Balaban J connectivity index is 2.38. The van der Waals surface area contributed by atoms with Crippen LogP contribution >= 0.6 is 11.6 Å². The maximum atomic E-state index is 11.7. The summed E-state index contributed by atoms with van der Waals surface area (Å²) in [5, 5.41) is 20.5. The van der Waals surface area contributed by atoms with Gasteiger partial charge >= 0.3 is 5.97 Å². The predicted octanol–water partition coefficient (Wildman–Crippen LogP) is 1.06. The van der Waals surface area contributed by atoms with E-state index in [1.165, 1.54) is 0 Å². The van der Waals surface area contributed by atoms with Gasteiger partial charge in [0, 0.05) is 18.0 Å². The summed E-state index contributed by atoms with van der Waals surface area (Å²) in [6.45, 7) is 1.61. The van der Waals surface area contributed by atoms with Gasteiger partial charge in [-0.05, 0) is 25.1 Å². The summed E-state index contributed by atoms with van der Waals surface area (Å²) < 4.78 is 5.39. The molecule has 1 amide bonds. The van der Waals surface area contributed by atoms with Crippen LogP contribution in [-0.4, -0.2) is 40.8 Å². The number of aliphatic hydroxyl groups is 1. The number of hydrogen-bond acceptors (Lipinski definition) is 4. The molecular weight excluding hydrogens is 286 g/mol. The van der Waals surface area contributed by atoms with Gasteiger partial charge in [0.25, 0.3) is 5.91 Å². The van der Waals surface area contributed by atoms with E-state index in [2.05, 4.69) is 5.32 Å². The Morgan fingerprint density at radius 2 is 2.15 bits per heavy atom. The number of hydrogen-bond donors (Lipinski definition) is 3. The van der Waals surface area contributed by atoms with Crippen LogP contribution in [0.1, 0.15) is 13.3 Å². The number of aliphatic carboxylic acids is 1. The smallest absolute Gasteiger partial charge is 0.332 e. The molecule has 0 saturated heterocycles. The standard InChI is InChI=1S/C13H16ClNO5/c1-8(20-10-4-2-3-9(14)7-10)12(17)15-6-5-11(16)13(18)19/h2-4,7-8,11,16H,5-6H2,1H3,(H,15,17)(H,18,19)/t8?,11-/m0/s1. The van der Waals surface area contributed by atoms with Crippen molar-refractivity contribution in [1.29, 1.82) is 0 Å². The van der Waals surface area contributed by atoms with E-state index in [1.54, 1.807) is 31.2 Å². The zero-order valence-corrected chi connectivity index (χ0v) is 11.6. The van der Waals surface area contributed by atoms with Crippen molar-refractivity contribution < 1.29 is 24.5 Å². The number of carboxylic acids is 1. The minimum Gasteiger partial charge on any atom is -0.481 e. The molecule has 2 atom stereocenters. The molecule has 0 fully saturated rings. The maximum absolute atomic E-state index is 11.7. The summed E-state index contributed by atoms with van der Waals surface area (Å²) in [4.78, 5) is 22.1. The number of ether oxygens (including phenoxy) is 1. The van der Waals surface area contributed by atoms with Crippen LogP contribution < -0.4 is 10.1 Å². The highest BCUT2D eigenvalue weighted by Gasteiger charge is 2.17. The van der Waals surface area contributed by atoms with Gasteiger partial charge in [-0.15, -0.1) is 0 Å². The van der Waals surface area contributed by atoms with E-state index in [9.17, 15) is 9.59 Å². The topological polar surface area (TPSA) is 95.9 Å². The highest BCUT2D eigenvalue weighted by atomic mass is 35.5. The molecular formula is C13H16ClNO5.